The number of halogens is 2. The van der Waals surface area contributed by atoms with Gasteiger partial charge in [0.1, 0.15) is 11.6 Å². The molecule has 1 aromatic heterocycles. The van der Waals surface area contributed by atoms with Gasteiger partial charge in [-0.2, -0.15) is 0 Å². The number of likely N-dealkylation sites (N-methyl/N-ethyl adjacent to an activating group) is 1. The number of hydrogen-bond acceptors (Lipinski definition) is 3. The van der Waals surface area contributed by atoms with Gasteiger partial charge >= 0.3 is 0 Å². The number of nitrogens with two attached hydrogens (primary N) is 1. The lowest BCUT2D eigenvalue weighted by Gasteiger charge is -2.19. The zero-order chi connectivity index (χ0) is 15.2. The van der Waals surface area contributed by atoms with Crippen LogP contribution in [0.3, 0.4) is 0 Å². The van der Waals surface area contributed by atoms with Crippen molar-refractivity contribution < 1.29 is 4.39 Å². The number of benzene rings is 1. The summed E-state index contributed by atoms with van der Waals surface area (Å²) in [6.45, 7) is 2.81. The standard InChI is InChI=1S/C16H19ClFN3/c1-2-20-12(9-11-5-4-8-21-16(11)19)10-13-14(17)6-3-7-15(13)18/h3-8,12,20H,2,9-10H2,1H3,(H2,19,21). The summed E-state index contributed by atoms with van der Waals surface area (Å²) in [4.78, 5) is 4.08. The van der Waals surface area contributed by atoms with Crippen molar-refractivity contribution in [3.05, 3.63) is 58.5 Å². The van der Waals surface area contributed by atoms with Crippen LogP contribution in [0.15, 0.2) is 36.5 Å². The molecule has 5 heteroatoms. The minimum absolute atomic E-state index is 0.0518. The molecule has 1 aromatic carbocycles. The number of pyridine rings is 1. The third-order valence-electron chi connectivity index (χ3n) is 3.40. The Hall–Kier alpha value is -1.65. The Morgan fingerprint density at radius 1 is 1.29 bits per heavy atom. The number of nitrogens with zero attached hydrogens (tertiary/aromatic N) is 1. The van der Waals surface area contributed by atoms with Crippen LogP contribution in [0.1, 0.15) is 18.1 Å². The lowest BCUT2D eigenvalue weighted by atomic mass is 9.99. The first kappa shape index (κ1) is 15.7. The van der Waals surface area contributed by atoms with Gasteiger partial charge in [-0.05, 0) is 43.1 Å². The fourth-order valence-electron chi connectivity index (χ4n) is 2.37. The largest absolute Gasteiger partial charge is 0.383 e. The molecular formula is C16H19ClFN3. The molecule has 1 heterocycles. The minimum atomic E-state index is -0.274. The van der Waals surface area contributed by atoms with Crippen molar-refractivity contribution in [1.82, 2.24) is 10.3 Å². The quantitative estimate of drug-likeness (QED) is 0.861. The smallest absolute Gasteiger partial charge is 0.127 e. The molecule has 0 fully saturated rings. The van der Waals surface area contributed by atoms with Crippen molar-refractivity contribution in [1.29, 1.82) is 0 Å². The van der Waals surface area contributed by atoms with Crippen molar-refractivity contribution in [2.24, 2.45) is 0 Å². The topological polar surface area (TPSA) is 50.9 Å². The maximum Gasteiger partial charge on any atom is 0.127 e. The molecule has 1 atom stereocenters. The van der Waals surface area contributed by atoms with Crippen molar-refractivity contribution in [2.45, 2.75) is 25.8 Å². The number of rotatable bonds is 6. The molecular weight excluding hydrogens is 289 g/mol. The molecule has 2 rings (SSSR count). The molecule has 0 saturated carbocycles. The maximum atomic E-state index is 13.9. The van der Waals surface area contributed by atoms with E-state index in [-0.39, 0.29) is 11.9 Å². The van der Waals surface area contributed by atoms with Crippen molar-refractivity contribution in [3.8, 4) is 0 Å². The van der Waals surface area contributed by atoms with Gasteiger partial charge in [0.25, 0.3) is 0 Å². The normalized spacial score (nSPS) is 12.3. The van der Waals surface area contributed by atoms with Crippen molar-refractivity contribution in [2.75, 3.05) is 12.3 Å². The maximum absolute atomic E-state index is 13.9. The van der Waals surface area contributed by atoms with E-state index in [1.165, 1.54) is 6.07 Å². The summed E-state index contributed by atoms with van der Waals surface area (Å²) < 4.78 is 13.9. The number of hydrogen-bond donors (Lipinski definition) is 2. The lowest BCUT2D eigenvalue weighted by Crippen LogP contribution is -2.33. The predicted octanol–water partition coefficient (Wildman–Crippen LogP) is 3.22. The van der Waals surface area contributed by atoms with Crippen LogP contribution in [-0.4, -0.2) is 17.6 Å². The first-order valence-electron chi connectivity index (χ1n) is 6.97. The Kier molecular flexibility index (Phi) is 5.53. The summed E-state index contributed by atoms with van der Waals surface area (Å²) in [5, 5.41) is 3.81. The third kappa shape index (κ3) is 4.16. The minimum Gasteiger partial charge on any atom is -0.383 e. The average Bonchev–Trinajstić information content (AvgIpc) is 2.45. The molecule has 0 bridgehead atoms. The number of aromatic nitrogens is 1. The van der Waals surface area contributed by atoms with Crippen molar-refractivity contribution >= 4 is 17.4 Å². The SMILES string of the molecule is CCNC(Cc1cccnc1N)Cc1c(F)cccc1Cl. The summed E-state index contributed by atoms with van der Waals surface area (Å²) in [5.74, 6) is 0.240. The van der Waals surface area contributed by atoms with Crippen LogP contribution in [0.4, 0.5) is 10.2 Å². The zero-order valence-electron chi connectivity index (χ0n) is 11.9. The molecule has 1 unspecified atom stereocenters. The van der Waals surface area contributed by atoms with Gasteiger partial charge < -0.3 is 11.1 Å². The van der Waals surface area contributed by atoms with Crippen molar-refractivity contribution in [3.63, 3.8) is 0 Å². The van der Waals surface area contributed by atoms with E-state index in [0.29, 0.717) is 29.2 Å². The van der Waals surface area contributed by atoms with Gasteiger partial charge in [0.2, 0.25) is 0 Å². The van der Waals surface area contributed by atoms with Gasteiger partial charge in [0.05, 0.1) is 0 Å². The molecule has 0 amide bonds. The first-order valence-corrected chi connectivity index (χ1v) is 7.35. The Bertz CT molecular complexity index is 584. The van der Waals surface area contributed by atoms with Gasteiger partial charge in [-0.25, -0.2) is 9.37 Å². The molecule has 0 radical (unpaired) electrons. The average molecular weight is 308 g/mol. The summed E-state index contributed by atoms with van der Waals surface area (Å²) in [6.07, 6.45) is 2.85. The third-order valence-corrected chi connectivity index (χ3v) is 3.75. The fourth-order valence-corrected chi connectivity index (χ4v) is 2.61. The molecule has 3 N–H and O–H groups in total. The van der Waals surface area contributed by atoms with Crippen LogP contribution in [0, 0.1) is 5.82 Å². The summed E-state index contributed by atoms with van der Waals surface area (Å²) >= 11 is 6.10. The highest BCUT2D eigenvalue weighted by Crippen LogP contribution is 2.22. The molecule has 0 spiro atoms. The number of nitrogens with one attached hydrogen (secondary N) is 1. The molecule has 21 heavy (non-hydrogen) atoms. The van der Waals surface area contributed by atoms with E-state index < -0.39 is 0 Å². The van der Waals surface area contributed by atoms with E-state index in [9.17, 15) is 4.39 Å². The summed E-state index contributed by atoms with van der Waals surface area (Å²) in [7, 11) is 0. The highest BCUT2D eigenvalue weighted by Gasteiger charge is 2.16. The summed E-state index contributed by atoms with van der Waals surface area (Å²) in [6, 6.07) is 8.60. The Morgan fingerprint density at radius 2 is 2.10 bits per heavy atom. The summed E-state index contributed by atoms with van der Waals surface area (Å²) in [5.41, 5.74) is 7.37. The van der Waals surface area contributed by atoms with Gasteiger partial charge in [-0.15, -0.1) is 0 Å². The van der Waals surface area contributed by atoms with Gasteiger partial charge in [-0.1, -0.05) is 30.7 Å². The Morgan fingerprint density at radius 3 is 2.76 bits per heavy atom. The molecule has 0 aliphatic heterocycles. The second kappa shape index (κ2) is 7.38. The van der Waals surface area contributed by atoms with E-state index >= 15 is 0 Å². The fraction of sp³-hybridized carbons (Fsp3) is 0.312. The predicted molar refractivity (Wildman–Crippen MR) is 84.9 cm³/mol. The zero-order valence-corrected chi connectivity index (χ0v) is 12.7. The monoisotopic (exact) mass is 307 g/mol. The first-order chi connectivity index (χ1) is 10.1. The van der Waals surface area contributed by atoms with Crippen LogP contribution in [0.25, 0.3) is 0 Å². The number of anilines is 1. The molecule has 3 nitrogen and oxygen atoms in total. The van der Waals surface area contributed by atoms with E-state index in [4.69, 9.17) is 17.3 Å². The lowest BCUT2D eigenvalue weighted by molar-refractivity contribution is 0.506. The molecule has 2 aromatic rings. The second-order valence-corrected chi connectivity index (χ2v) is 5.32. The molecule has 0 aliphatic rings. The van der Waals surface area contributed by atoms with Crippen LogP contribution < -0.4 is 11.1 Å². The van der Waals surface area contributed by atoms with Crippen LogP contribution >= 0.6 is 11.6 Å². The Balaban J connectivity index is 2.18. The molecule has 112 valence electrons. The van der Waals surface area contributed by atoms with E-state index in [0.717, 1.165) is 12.1 Å². The van der Waals surface area contributed by atoms with Gasteiger partial charge in [0, 0.05) is 22.8 Å². The van der Waals surface area contributed by atoms with Crippen LogP contribution in [-0.2, 0) is 12.8 Å². The number of nitrogen functional groups attached to an aromatic ring is 1. The second-order valence-electron chi connectivity index (χ2n) is 4.91. The van der Waals surface area contributed by atoms with Crippen LogP contribution in [0.2, 0.25) is 5.02 Å². The highest BCUT2D eigenvalue weighted by atomic mass is 35.5. The van der Waals surface area contributed by atoms with Gasteiger partial charge in [-0.3, -0.25) is 0 Å². The van der Waals surface area contributed by atoms with Gasteiger partial charge in [0.15, 0.2) is 0 Å². The Labute approximate surface area is 129 Å². The molecule has 0 saturated heterocycles. The highest BCUT2D eigenvalue weighted by molar-refractivity contribution is 6.31. The van der Waals surface area contributed by atoms with Crippen LogP contribution in [0.5, 0.6) is 0 Å². The van der Waals surface area contributed by atoms with E-state index in [1.54, 1.807) is 18.3 Å². The van der Waals surface area contributed by atoms with E-state index in [1.807, 2.05) is 19.1 Å². The molecule has 0 aliphatic carbocycles. The van der Waals surface area contributed by atoms with E-state index in [2.05, 4.69) is 10.3 Å².